The number of para-hydroxylation sites is 1. The largest absolute Gasteiger partial charge is 0.383 e. The maximum absolute atomic E-state index is 13.8. The quantitative estimate of drug-likeness (QED) is 0.301. The molecule has 7 nitrogen and oxygen atoms in total. The molecule has 0 spiro atoms. The zero-order valence-electron chi connectivity index (χ0n) is 19.7. The van der Waals surface area contributed by atoms with Crippen molar-refractivity contribution in [3.63, 3.8) is 0 Å². The standard InChI is InChI=1S/C28H26N6O/c1-17-6-3-4-9-23(17)34-21(14-20-8-5-7-18(2)24(20)28(34)35)15-31-27-25(26(30)32-16-33-27)22(29)13-12-19-10-11-19/h3-9,14,16,19,29H,10-11,15H2,1-2H3,(H3,30,31,32,33). The molecule has 0 unspecified atom stereocenters. The Morgan fingerprint density at radius 3 is 2.69 bits per heavy atom. The summed E-state index contributed by atoms with van der Waals surface area (Å²) in [5, 5.41) is 13.3. The lowest BCUT2D eigenvalue weighted by atomic mass is 10.1. The lowest BCUT2D eigenvalue weighted by Gasteiger charge is -2.18. The number of aromatic nitrogens is 3. The second kappa shape index (κ2) is 9.07. The van der Waals surface area contributed by atoms with Crippen molar-refractivity contribution in [3.05, 3.63) is 87.6 Å². The van der Waals surface area contributed by atoms with Crippen molar-refractivity contribution >= 4 is 28.1 Å². The molecule has 174 valence electrons. The van der Waals surface area contributed by atoms with Crippen molar-refractivity contribution in [1.29, 1.82) is 5.41 Å². The fraction of sp³-hybridized carbons (Fsp3) is 0.214. The molecule has 35 heavy (non-hydrogen) atoms. The molecule has 1 aliphatic rings. The van der Waals surface area contributed by atoms with Gasteiger partial charge in [0.15, 0.2) is 0 Å². The number of benzene rings is 2. The predicted octanol–water partition coefficient (Wildman–Crippen LogP) is 4.37. The number of aryl methyl sites for hydroxylation is 2. The molecule has 0 amide bonds. The zero-order valence-corrected chi connectivity index (χ0v) is 19.7. The van der Waals surface area contributed by atoms with Crippen LogP contribution in [0.4, 0.5) is 11.6 Å². The van der Waals surface area contributed by atoms with Gasteiger partial charge in [-0.1, -0.05) is 42.3 Å². The molecule has 0 atom stereocenters. The first-order valence-corrected chi connectivity index (χ1v) is 11.6. The van der Waals surface area contributed by atoms with E-state index in [9.17, 15) is 4.79 Å². The van der Waals surface area contributed by atoms with Crippen LogP contribution in [0, 0.1) is 37.0 Å². The Balaban J connectivity index is 1.59. The van der Waals surface area contributed by atoms with Gasteiger partial charge in [-0.2, -0.15) is 0 Å². The molecule has 0 aliphatic heterocycles. The first-order chi connectivity index (χ1) is 16.9. The maximum atomic E-state index is 13.8. The van der Waals surface area contributed by atoms with Crippen LogP contribution in [0.25, 0.3) is 16.5 Å². The highest BCUT2D eigenvalue weighted by molar-refractivity contribution is 6.16. The Morgan fingerprint density at radius 1 is 1.14 bits per heavy atom. The zero-order chi connectivity index (χ0) is 24.5. The smallest absolute Gasteiger partial charge is 0.263 e. The van der Waals surface area contributed by atoms with Gasteiger partial charge in [0.2, 0.25) is 0 Å². The topological polar surface area (TPSA) is 110 Å². The van der Waals surface area contributed by atoms with E-state index >= 15 is 0 Å². The van der Waals surface area contributed by atoms with Crippen molar-refractivity contribution in [1.82, 2.24) is 14.5 Å². The lowest BCUT2D eigenvalue weighted by Crippen LogP contribution is -2.25. The summed E-state index contributed by atoms with van der Waals surface area (Å²) < 4.78 is 1.75. The summed E-state index contributed by atoms with van der Waals surface area (Å²) in [6.45, 7) is 4.23. The van der Waals surface area contributed by atoms with Gasteiger partial charge in [-0.25, -0.2) is 9.97 Å². The lowest BCUT2D eigenvalue weighted by molar-refractivity contribution is 0.883. The molecule has 1 fully saturated rings. The molecule has 0 bridgehead atoms. The van der Waals surface area contributed by atoms with E-state index in [4.69, 9.17) is 11.1 Å². The molecule has 1 saturated carbocycles. The van der Waals surface area contributed by atoms with Crippen LogP contribution in [-0.2, 0) is 6.54 Å². The Hall–Kier alpha value is -4.44. The summed E-state index contributed by atoms with van der Waals surface area (Å²) in [7, 11) is 0. The number of hydrogen-bond acceptors (Lipinski definition) is 6. The average molecular weight is 463 g/mol. The van der Waals surface area contributed by atoms with Gasteiger partial charge in [0.1, 0.15) is 23.7 Å². The van der Waals surface area contributed by atoms with Crippen molar-refractivity contribution in [2.24, 2.45) is 5.92 Å². The molecule has 2 aromatic heterocycles. The van der Waals surface area contributed by atoms with Crippen LogP contribution in [0.1, 0.15) is 35.2 Å². The van der Waals surface area contributed by atoms with E-state index < -0.39 is 0 Å². The number of rotatable bonds is 5. The van der Waals surface area contributed by atoms with Gasteiger partial charge in [-0.15, -0.1) is 0 Å². The summed E-state index contributed by atoms with van der Waals surface area (Å²) in [6.07, 6.45) is 3.51. The molecule has 5 rings (SSSR count). The number of nitrogen functional groups attached to an aromatic ring is 1. The van der Waals surface area contributed by atoms with Crippen LogP contribution in [0.3, 0.4) is 0 Å². The SMILES string of the molecule is Cc1ccccc1-n1c(CNc2ncnc(N)c2C(=N)C#CC2CC2)cc2cccc(C)c2c1=O. The minimum absolute atomic E-state index is 0.0721. The molecular formula is C28H26N6O. The number of fused-ring (bicyclic) bond motifs is 1. The van der Waals surface area contributed by atoms with E-state index in [1.807, 2.05) is 62.4 Å². The van der Waals surface area contributed by atoms with Gasteiger partial charge in [0.25, 0.3) is 5.56 Å². The van der Waals surface area contributed by atoms with E-state index in [2.05, 4.69) is 27.1 Å². The Kier molecular flexibility index (Phi) is 5.79. The van der Waals surface area contributed by atoms with E-state index in [0.29, 0.717) is 29.2 Å². The third-order valence-electron chi connectivity index (χ3n) is 6.23. The molecule has 0 radical (unpaired) electrons. The van der Waals surface area contributed by atoms with Crippen molar-refractivity contribution in [2.45, 2.75) is 33.2 Å². The van der Waals surface area contributed by atoms with Gasteiger partial charge < -0.3 is 11.1 Å². The van der Waals surface area contributed by atoms with Gasteiger partial charge in [-0.3, -0.25) is 14.8 Å². The van der Waals surface area contributed by atoms with Gasteiger partial charge in [0, 0.05) is 11.6 Å². The minimum atomic E-state index is -0.0721. The third-order valence-corrected chi connectivity index (χ3v) is 6.23. The molecule has 2 aromatic carbocycles. The van der Waals surface area contributed by atoms with Gasteiger partial charge >= 0.3 is 0 Å². The number of pyridine rings is 1. The number of nitrogens with two attached hydrogens (primary N) is 1. The van der Waals surface area contributed by atoms with Crippen molar-refractivity contribution in [3.8, 4) is 17.5 Å². The van der Waals surface area contributed by atoms with Gasteiger partial charge in [0.05, 0.1) is 23.2 Å². The predicted molar refractivity (Wildman–Crippen MR) is 140 cm³/mol. The number of hydrogen-bond donors (Lipinski definition) is 3. The summed E-state index contributed by atoms with van der Waals surface area (Å²) in [5.41, 5.74) is 10.0. The molecule has 4 N–H and O–H groups in total. The van der Waals surface area contributed by atoms with Crippen LogP contribution < -0.4 is 16.6 Å². The summed E-state index contributed by atoms with van der Waals surface area (Å²) in [4.78, 5) is 22.2. The third kappa shape index (κ3) is 4.38. The Bertz CT molecular complexity index is 1590. The second-order valence-electron chi connectivity index (χ2n) is 8.86. The molecule has 1 aliphatic carbocycles. The molecule has 2 heterocycles. The summed E-state index contributed by atoms with van der Waals surface area (Å²) in [6, 6.07) is 15.7. The normalized spacial score (nSPS) is 12.7. The second-order valence-corrected chi connectivity index (χ2v) is 8.86. The van der Waals surface area contributed by atoms with Crippen molar-refractivity contribution in [2.75, 3.05) is 11.1 Å². The maximum Gasteiger partial charge on any atom is 0.263 e. The highest BCUT2D eigenvalue weighted by atomic mass is 16.1. The molecule has 0 saturated heterocycles. The average Bonchev–Trinajstić information content (AvgIpc) is 3.67. The molecule has 7 heteroatoms. The van der Waals surface area contributed by atoms with E-state index in [1.54, 1.807) is 4.57 Å². The van der Waals surface area contributed by atoms with Gasteiger partial charge in [-0.05, 0) is 61.3 Å². The molecule has 4 aromatic rings. The van der Waals surface area contributed by atoms with Crippen LogP contribution >= 0.6 is 0 Å². The number of nitrogens with one attached hydrogen (secondary N) is 2. The number of nitrogens with zero attached hydrogens (tertiary/aromatic N) is 3. The van der Waals surface area contributed by atoms with E-state index in [-0.39, 0.29) is 17.1 Å². The van der Waals surface area contributed by atoms with Crippen molar-refractivity contribution < 1.29 is 0 Å². The van der Waals surface area contributed by atoms with E-state index in [0.717, 1.165) is 40.7 Å². The Morgan fingerprint density at radius 2 is 1.91 bits per heavy atom. The molecular weight excluding hydrogens is 436 g/mol. The monoisotopic (exact) mass is 462 g/mol. The first-order valence-electron chi connectivity index (χ1n) is 11.6. The highest BCUT2D eigenvalue weighted by Crippen LogP contribution is 2.28. The van der Waals surface area contributed by atoms with Crippen LogP contribution in [0.5, 0.6) is 0 Å². The van der Waals surface area contributed by atoms with E-state index in [1.165, 1.54) is 6.33 Å². The first kappa shape index (κ1) is 22.4. The summed E-state index contributed by atoms with van der Waals surface area (Å²) >= 11 is 0. The van der Waals surface area contributed by atoms with Crippen LogP contribution in [0.2, 0.25) is 0 Å². The van der Waals surface area contributed by atoms with Crippen LogP contribution in [-0.4, -0.2) is 20.2 Å². The fourth-order valence-electron chi connectivity index (χ4n) is 4.22. The van der Waals surface area contributed by atoms with Crippen LogP contribution in [0.15, 0.2) is 59.7 Å². The Labute approximate surface area is 203 Å². The number of anilines is 2. The fourth-order valence-corrected chi connectivity index (χ4v) is 4.22. The highest BCUT2D eigenvalue weighted by Gasteiger charge is 2.20. The summed E-state index contributed by atoms with van der Waals surface area (Å²) in [5.74, 6) is 6.97. The minimum Gasteiger partial charge on any atom is -0.383 e.